The molecular weight excluding hydrogens is 130 g/mol. The molecule has 8 heavy (non-hydrogen) atoms. The van der Waals surface area contributed by atoms with Crippen molar-refractivity contribution in [2.24, 2.45) is 0 Å². The minimum absolute atomic E-state index is 1.27. The summed E-state index contributed by atoms with van der Waals surface area (Å²) in [6.45, 7) is 0. The minimum atomic E-state index is -4.27. The molecule has 0 bridgehead atoms. The van der Waals surface area contributed by atoms with Crippen molar-refractivity contribution in [2.45, 2.75) is 0 Å². The quantitative estimate of drug-likeness (QED) is 0.268. The van der Waals surface area contributed by atoms with Gasteiger partial charge in [-0.1, -0.05) is 0 Å². The Morgan fingerprint density at radius 3 is 2.12 bits per heavy atom. The fourth-order valence-corrected chi connectivity index (χ4v) is 0.293. The lowest BCUT2D eigenvalue weighted by Gasteiger charge is -1.84. The Morgan fingerprint density at radius 2 is 2.00 bits per heavy atom. The Balaban J connectivity index is 4.17. The van der Waals surface area contributed by atoms with Crippen LogP contribution in [0.4, 0.5) is 0 Å². The second kappa shape index (κ2) is 2.49. The van der Waals surface area contributed by atoms with E-state index in [-0.39, 0.29) is 0 Å². The Labute approximate surface area is 45.9 Å². The van der Waals surface area contributed by atoms with E-state index in [9.17, 15) is 4.57 Å². The predicted molar refractivity (Wildman–Crippen MR) is 25.4 cm³/mol. The van der Waals surface area contributed by atoms with Gasteiger partial charge < -0.3 is 9.79 Å². The van der Waals surface area contributed by atoms with Crippen LogP contribution in [0, 0.1) is 22.9 Å². The van der Waals surface area contributed by atoms with Crippen LogP contribution in [0.2, 0.25) is 0 Å². The first kappa shape index (κ1) is 7.20. The van der Waals surface area contributed by atoms with Crippen molar-refractivity contribution in [3.63, 3.8) is 0 Å². The van der Waals surface area contributed by atoms with Gasteiger partial charge >= 0.3 is 7.60 Å². The third-order valence-electron chi connectivity index (χ3n) is 0.257. The van der Waals surface area contributed by atoms with Crippen molar-refractivity contribution in [3.8, 4) is 17.7 Å². The van der Waals surface area contributed by atoms with Crippen molar-refractivity contribution in [3.05, 3.63) is 0 Å². The number of nitriles is 1. The molecule has 0 saturated carbocycles. The van der Waals surface area contributed by atoms with E-state index in [0.29, 0.717) is 0 Å². The summed E-state index contributed by atoms with van der Waals surface area (Å²) in [5.74, 6) is 1.58. The SMILES string of the molecule is [15N]#CC#CP(=O)(O)O. The maximum atomic E-state index is 9.76. The summed E-state index contributed by atoms with van der Waals surface area (Å²) in [4.78, 5) is 15.9. The average Bonchev–Trinajstić information content (AvgIpc) is 1.59. The molecule has 0 aliphatic carbocycles. The molecule has 0 rings (SSSR count). The highest BCUT2D eigenvalue weighted by atomic mass is 31.2. The van der Waals surface area contributed by atoms with Crippen LogP contribution in [0.3, 0.4) is 0 Å². The third kappa shape index (κ3) is 5.20. The summed E-state index contributed by atoms with van der Waals surface area (Å²) in [5.41, 5.74) is 1.43. The second-order valence-corrected chi connectivity index (χ2v) is 2.20. The molecular formula is C3H2NO3P. The molecule has 5 heteroatoms. The summed E-state index contributed by atoms with van der Waals surface area (Å²) in [5, 5.41) is 7.66. The fraction of sp³-hybridized carbons (Fsp3) is 0. The van der Waals surface area contributed by atoms with E-state index in [0.717, 1.165) is 0 Å². The standard InChI is InChI=1S/C3H2NO3P/c4-2-1-3-8(5,6)7/h(H2,5,6,7)/i4+1. The van der Waals surface area contributed by atoms with Crippen LogP contribution in [-0.4, -0.2) is 9.79 Å². The van der Waals surface area contributed by atoms with E-state index in [1.54, 1.807) is 5.92 Å². The Hall–Kier alpha value is -0.800. The Kier molecular flexibility index (Phi) is 2.24. The van der Waals surface area contributed by atoms with Gasteiger partial charge in [-0.05, 0) is 0 Å². The first-order chi connectivity index (χ1) is 3.56. The zero-order chi connectivity index (χ0) is 6.62. The van der Waals surface area contributed by atoms with E-state index < -0.39 is 7.60 Å². The highest BCUT2D eigenvalue weighted by Gasteiger charge is 2.04. The number of hydrogen-bond acceptors (Lipinski definition) is 2. The van der Waals surface area contributed by atoms with Crippen LogP contribution in [0.1, 0.15) is 0 Å². The third-order valence-corrected chi connectivity index (χ3v) is 0.661. The molecule has 2 N–H and O–H groups in total. The van der Waals surface area contributed by atoms with Crippen LogP contribution in [-0.2, 0) is 4.57 Å². The van der Waals surface area contributed by atoms with E-state index in [1.807, 2.05) is 0 Å². The van der Waals surface area contributed by atoms with Crippen LogP contribution in [0.25, 0.3) is 0 Å². The number of hydrogen-bond donors (Lipinski definition) is 2. The van der Waals surface area contributed by atoms with Crippen molar-refractivity contribution < 1.29 is 14.4 Å². The fourth-order valence-electron chi connectivity index (χ4n) is 0.0978. The van der Waals surface area contributed by atoms with Crippen LogP contribution in [0.15, 0.2) is 0 Å². The molecule has 0 heterocycles. The Bertz CT molecular complexity index is 211. The highest BCUT2D eigenvalue weighted by molar-refractivity contribution is 7.57. The van der Waals surface area contributed by atoms with Gasteiger partial charge in [-0.15, -0.1) is 0 Å². The summed E-state index contributed by atoms with van der Waals surface area (Å²) < 4.78 is 9.76. The first-order valence-corrected chi connectivity index (χ1v) is 3.14. The highest BCUT2D eigenvalue weighted by Crippen LogP contribution is 2.31. The minimum Gasteiger partial charge on any atom is -0.315 e. The van der Waals surface area contributed by atoms with Crippen molar-refractivity contribution >= 4 is 7.60 Å². The second-order valence-electron chi connectivity index (χ2n) is 0.893. The van der Waals surface area contributed by atoms with E-state index >= 15 is 0 Å². The van der Waals surface area contributed by atoms with Gasteiger partial charge in [0.25, 0.3) is 0 Å². The van der Waals surface area contributed by atoms with Crippen molar-refractivity contribution in [2.75, 3.05) is 0 Å². The van der Waals surface area contributed by atoms with Gasteiger partial charge in [0.1, 0.15) is 0 Å². The zero-order valence-corrected chi connectivity index (χ0v) is 4.59. The lowest BCUT2D eigenvalue weighted by molar-refractivity contribution is 0.389. The largest absolute Gasteiger partial charge is 0.401 e. The molecule has 0 fully saturated rings. The number of rotatable bonds is 0. The molecule has 0 aliphatic heterocycles. The molecule has 0 aromatic carbocycles. The van der Waals surface area contributed by atoms with Gasteiger partial charge in [-0.3, -0.25) is 0 Å². The lowest BCUT2D eigenvalue weighted by Crippen LogP contribution is -1.66. The maximum Gasteiger partial charge on any atom is 0.401 e. The van der Waals surface area contributed by atoms with Gasteiger partial charge in [0.2, 0.25) is 0 Å². The smallest absolute Gasteiger partial charge is 0.315 e. The molecule has 0 atom stereocenters. The number of nitrogens with zero attached hydrogens (tertiary/aromatic N) is 1. The van der Waals surface area contributed by atoms with Gasteiger partial charge in [0.15, 0.2) is 6.07 Å². The van der Waals surface area contributed by atoms with Crippen molar-refractivity contribution in [1.82, 2.24) is 0 Å². The van der Waals surface area contributed by atoms with Crippen LogP contribution in [0.5, 0.6) is 0 Å². The van der Waals surface area contributed by atoms with Crippen molar-refractivity contribution in [1.29, 1.82) is 5.26 Å². The van der Waals surface area contributed by atoms with E-state index in [2.05, 4.69) is 0 Å². The zero-order valence-electron chi connectivity index (χ0n) is 3.70. The van der Waals surface area contributed by atoms with Crippen LogP contribution < -0.4 is 0 Å². The van der Waals surface area contributed by atoms with Gasteiger partial charge in [0, 0.05) is 11.6 Å². The Morgan fingerprint density at radius 1 is 1.50 bits per heavy atom. The molecule has 0 unspecified atom stereocenters. The molecule has 0 amide bonds. The van der Waals surface area contributed by atoms with Crippen LogP contribution >= 0.6 is 7.60 Å². The van der Waals surface area contributed by atoms with Gasteiger partial charge in [-0.25, -0.2) is 4.57 Å². The summed E-state index contributed by atoms with van der Waals surface area (Å²) in [6.07, 6.45) is 0. The normalized spacial score (nSPS) is 8.62. The summed E-state index contributed by atoms with van der Waals surface area (Å²) >= 11 is 0. The van der Waals surface area contributed by atoms with E-state index in [4.69, 9.17) is 15.0 Å². The summed E-state index contributed by atoms with van der Waals surface area (Å²) in [7, 11) is -4.27. The predicted octanol–water partition coefficient (Wildman–Crippen LogP) is -0.351. The molecule has 0 radical (unpaired) electrons. The van der Waals surface area contributed by atoms with Gasteiger partial charge in [0.05, 0.1) is 0 Å². The molecule has 42 valence electrons. The lowest BCUT2D eigenvalue weighted by atomic mass is 10.8. The average molecular weight is 132 g/mol. The summed E-state index contributed by atoms with van der Waals surface area (Å²) in [6, 6.07) is 1.27. The van der Waals surface area contributed by atoms with E-state index in [1.165, 1.54) is 11.7 Å². The topological polar surface area (TPSA) is 81.3 Å². The molecule has 0 aliphatic rings. The molecule has 4 nitrogen and oxygen atoms in total. The van der Waals surface area contributed by atoms with Gasteiger partial charge in [-0.2, -0.15) is 5.26 Å². The molecule has 0 saturated heterocycles. The molecule has 0 aromatic heterocycles. The first-order valence-electron chi connectivity index (χ1n) is 1.53. The molecule has 0 aromatic rings. The molecule has 0 spiro atoms. The monoisotopic (exact) mass is 132 g/mol. The maximum absolute atomic E-state index is 9.76.